The van der Waals surface area contributed by atoms with Crippen LogP contribution in [-0.4, -0.2) is 9.13 Å². The molecule has 0 atom stereocenters. The van der Waals surface area contributed by atoms with Crippen LogP contribution in [0.2, 0.25) is 0 Å². The molecule has 3 heterocycles. The van der Waals surface area contributed by atoms with Crippen LogP contribution in [0.3, 0.4) is 0 Å². The molecule has 11 aromatic rings. The van der Waals surface area contributed by atoms with E-state index in [2.05, 4.69) is 199 Å². The van der Waals surface area contributed by atoms with Crippen LogP contribution in [0.25, 0.3) is 99.5 Å². The summed E-state index contributed by atoms with van der Waals surface area (Å²) in [5, 5.41) is 4.77. The van der Waals surface area contributed by atoms with Gasteiger partial charge in [-0.3, -0.25) is 0 Å². The zero-order valence-electron chi connectivity index (χ0n) is 31.1. The van der Waals surface area contributed by atoms with Gasteiger partial charge in [0, 0.05) is 38.3 Å². The number of para-hydroxylation sites is 3. The van der Waals surface area contributed by atoms with E-state index >= 15 is 0 Å². The molecule has 0 amide bonds. The van der Waals surface area contributed by atoms with Crippen molar-refractivity contribution in [2.75, 3.05) is 0 Å². The fourth-order valence-electron chi connectivity index (χ4n) is 9.60. The minimum absolute atomic E-state index is 0.0700. The molecule has 0 aliphatic heterocycles. The van der Waals surface area contributed by atoms with Gasteiger partial charge in [0.25, 0.3) is 0 Å². The number of furan rings is 1. The Morgan fingerprint density at radius 2 is 0.946 bits per heavy atom. The van der Waals surface area contributed by atoms with Gasteiger partial charge in [0.2, 0.25) is 0 Å². The molecule has 0 saturated carbocycles. The first-order valence-corrected chi connectivity index (χ1v) is 19.4. The second-order valence-electron chi connectivity index (χ2n) is 15.7. The summed E-state index contributed by atoms with van der Waals surface area (Å²) in [7, 11) is 0. The molecule has 0 bridgehead atoms. The summed E-state index contributed by atoms with van der Waals surface area (Å²) in [5.41, 5.74) is 19.0. The van der Waals surface area contributed by atoms with E-state index in [1.165, 1.54) is 66.4 Å². The average molecular weight is 717 g/mol. The Hall–Kier alpha value is -7.10. The molecule has 0 N–H and O–H groups in total. The van der Waals surface area contributed by atoms with Crippen molar-refractivity contribution in [1.82, 2.24) is 9.13 Å². The van der Waals surface area contributed by atoms with Gasteiger partial charge in [-0.15, -0.1) is 0 Å². The first-order chi connectivity index (χ1) is 27.5. The fraction of sp³-hybridized carbons (Fsp3) is 0.0566. The van der Waals surface area contributed by atoms with E-state index in [4.69, 9.17) is 4.42 Å². The standard InChI is InChI=1S/C53H36N2O/c1-53(2)45-19-11-9-17-39(45)41-31-43-42-29-35(25-27-47(42)54(49(43)32-46(41)53)37-13-5-3-6-14-37)33-21-23-34(24-22-33)36-26-28-48-44(30-36)52-51(40-18-10-12-20-50(40)56-52)55(48)38-15-7-4-8-16-38/h3-32H,1-2H3. The van der Waals surface area contributed by atoms with E-state index in [0.717, 1.165) is 44.2 Å². The van der Waals surface area contributed by atoms with Crippen LogP contribution in [0.4, 0.5) is 0 Å². The Kier molecular flexibility index (Phi) is 6.40. The summed E-state index contributed by atoms with van der Waals surface area (Å²) in [6.45, 7) is 4.72. The molecular formula is C53H36N2O. The fourth-order valence-corrected chi connectivity index (χ4v) is 9.60. The molecule has 0 radical (unpaired) electrons. The third-order valence-corrected chi connectivity index (χ3v) is 12.3. The number of rotatable bonds is 4. The monoisotopic (exact) mass is 716 g/mol. The number of benzene rings is 8. The first-order valence-electron chi connectivity index (χ1n) is 19.4. The molecule has 8 aromatic carbocycles. The average Bonchev–Trinajstić information content (AvgIpc) is 3.95. The van der Waals surface area contributed by atoms with E-state index in [-0.39, 0.29) is 5.41 Å². The van der Waals surface area contributed by atoms with Crippen LogP contribution in [-0.2, 0) is 5.41 Å². The van der Waals surface area contributed by atoms with Crippen molar-refractivity contribution >= 4 is 54.8 Å². The molecule has 3 aromatic heterocycles. The van der Waals surface area contributed by atoms with E-state index in [9.17, 15) is 0 Å². The lowest BCUT2D eigenvalue weighted by Gasteiger charge is -2.21. The van der Waals surface area contributed by atoms with E-state index < -0.39 is 0 Å². The molecule has 1 aliphatic rings. The molecule has 264 valence electrons. The van der Waals surface area contributed by atoms with Crippen molar-refractivity contribution < 1.29 is 4.42 Å². The maximum absolute atomic E-state index is 6.56. The predicted molar refractivity (Wildman–Crippen MR) is 233 cm³/mol. The van der Waals surface area contributed by atoms with Gasteiger partial charge in [0.1, 0.15) is 11.1 Å². The van der Waals surface area contributed by atoms with Crippen molar-refractivity contribution in [2.45, 2.75) is 19.3 Å². The summed E-state index contributed by atoms with van der Waals surface area (Å²) in [6.07, 6.45) is 0. The number of nitrogens with zero attached hydrogens (tertiary/aromatic N) is 2. The molecule has 3 nitrogen and oxygen atoms in total. The SMILES string of the molecule is CC1(C)c2ccccc2-c2cc3c4cc(-c5ccc(-c6ccc7c(c6)c6oc8ccccc8c6n7-c6ccccc6)cc5)ccc4n(-c4ccccc4)c3cc21. The molecule has 12 rings (SSSR count). The van der Waals surface area contributed by atoms with Crippen LogP contribution in [0.1, 0.15) is 25.0 Å². The Bertz CT molecular complexity index is 3360. The smallest absolute Gasteiger partial charge is 0.161 e. The van der Waals surface area contributed by atoms with Crippen molar-refractivity contribution in [1.29, 1.82) is 0 Å². The highest BCUT2D eigenvalue weighted by atomic mass is 16.3. The Morgan fingerprint density at radius 3 is 1.66 bits per heavy atom. The maximum Gasteiger partial charge on any atom is 0.161 e. The van der Waals surface area contributed by atoms with Crippen LogP contribution in [0.15, 0.2) is 186 Å². The lowest BCUT2D eigenvalue weighted by Crippen LogP contribution is -2.14. The van der Waals surface area contributed by atoms with Crippen molar-refractivity contribution in [3.8, 4) is 44.8 Å². The van der Waals surface area contributed by atoms with Gasteiger partial charge in [-0.05, 0) is 117 Å². The molecule has 56 heavy (non-hydrogen) atoms. The van der Waals surface area contributed by atoms with Crippen LogP contribution in [0.5, 0.6) is 0 Å². The van der Waals surface area contributed by atoms with Gasteiger partial charge in [0.05, 0.1) is 16.6 Å². The van der Waals surface area contributed by atoms with E-state index in [0.29, 0.717) is 0 Å². The summed E-state index contributed by atoms with van der Waals surface area (Å²) < 4.78 is 11.3. The minimum atomic E-state index is -0.0700. The highest BCUT2D eigenvalue weighted by molar-refractivity contribution is 6.17. The van der Waals surface area contributed by atoms with Crippen LogP contribution >= 0.6 is 0 Å². The van der Waals surface area contributed by atoms with Gasteiger partial charge in [-0.25, -0.2) is 0 Å². The Morgan fingerprint density at radius 1 is 0.393 bits per heavy atom. The van der Waals surface area contributed by atoms with Crippen molar-refractivity contribution in [3.63, 3.8) is 0 Å². The molecule has 3 heteroatoms. The Balaban J connectivity index is 0.990. The van der Waals surface area contributed by atoms with Gasteiger partial charge in [0.15, 0.2) is 5.58 Å². The van der Waals surface area contributed by atoms with Gasteiger partial charge >= 0.3 is 0 Å². The number of aromatic nitrogens is 2. The summed E-state index contributed by atoms with van der Waals surface area (Å²) >= 11 is 0. The highest BCUT2D eigenvalue weighted by Crippen LogP contribution is 2.51. The quantitative estimate of drug-likeness (QED) is 0.178. The van der Waals surface area contributed by atoms with Gasteiger partial charge < -0.3 is 13.6 Å². The predicted octanol–water partition coefficient (Wildman–Crippen LogP) is 14.3. The normalized spacial score (nSPS) is 13.3. The maximum atomic E-state index is 6.56. The second kappa shape index (κ2) is 11.5. The topological polar surface area (TPSA) is 23.0 Å². The number of hydrogen-bond donors (Lipinski definition) is 0. The molecule has 0 fully saturated rings. The summed E-state index contributed by atoms with van der Waals surface area (Å²) in [6, 6.07) is 66.3. The minimum Gasteiger partial charge on any atom is -0.454 e. The van der Waals surface area contributed by atoms with Gasteiger partial charge in [-0.1, -0.05) is 123 Å². The lowest BCUT2D eigenvalue weighted by molar-refractivity contribution is 0.661. The van der Waals surface area contributed by atoms with Gasteiger partial charge in [-0.2, -0.15) is 0 Å². The largest absolute Gasteiger partial charge is 0.454 e. The van der Waals surface area contributed by atoms with E-state index in [1.807, 2.05) is 6.07 Å². The third-order valence-electron chi connectivity index (χ3n) is 12.3. The molecule has 1 aliphatic carbocycles. The zero-order chi connectivity index (χ0) is 37.1. The molecular weight excluding hydrogens is 681 g/mol. The molecule has 0 spiro atoms. The highest BCUT2D eigenvalue weighted by Gasteiger charge is 2.36. The first kappa shape index (κ1) is 31.3. The third kappa shape index (κ3) is 4.34. The summed E-state index contributed by atoms with van der Waals surface area (Å²) in [4.78, 5) is 0. The number of hydrogen-bond acceptors (Lipinski definition) is 1. The number of fused-ring (bicyclic) bond motifs is 11. The van der Waals surface area contributed by atoms with E-state index in [1.54, 1.807) is 0 Å². The zero-order valence-corrected chi connectivity index (χ0v) is 31.1. The van der Waals surface area contributed by atoms with Crippen LogP contribution < -0.4 is 0 Å². The molecule has 0 unspecified atom stereocenters. The summed E-state index contributed by atoms with van der Waals surface area (Å²) in [5.74, 6) is 0. The van der Waals surface area contributed by atoms with Crippen molar-refractivity contribution in [2.24, 2.45) is 0 Å². The van der Waals surface area contributed by atoms with Crippen LogP contribution in [0, 0.1) is 0 Å². The Labute approximate surface area is 324 Å². The lowest BCUT2D eigenvalue weighted by atomic mass is 9.82. The molecule has 0 saturated heterocycles. The second-order valence-corrected chi connectivity index (χ2v) is 15.7. The van der Waals surface area contributed by atoms with Crippen molar-refractivity contribution in [3.05, 3.63) is 193 Å².